The van der Waals surface area contributed by atoms with Crippen LogP contribution in [0.5, 0.6) is 23.0 Å². The Hall–Kier alpha value is -5.97. The van der Waals surface area contributed by atoms with Crippen molar-refractivity contribution in [3.05, 3.63) is 120 Å². The first-order valence-corrected chi connectivity index (χ1v) is 13.3. The number of benzene rings is 3. The highest BCUT2D eigenvalue weighted by molar-refractivity contribution is 5.93. The standard InChI is InChI=1S/C34H30O11/c1-20(2)30(35)40-18-23-7-9-24(10-8-23)33(38)43-27-15-16-28(29(17-27)45-32(37)22(5)6)44-34(39)25-11-13-26(14-12-25)41-19-42-31(36)21(3)4/h7-17H,1,3,5,18-19H2,2,4,6H3. The Morgan fingerprint density at radius 1 is 0.556 bits per heavy atom. The summed E-state index contributed by atoms with van der Waals surface area (Å²) in [5.74, 6) is -3.45. The van der Waals surface area contributed by atoms with Gasteiger partial charge in [0.05, 0.1) is 11.1 Å². The van der Waals surface area contributed by atoms with Gasteiger partial charge in [0.25, 0.3) is 0 Å². The lowest BCUT2D eigenvalue weighted by molar-refractivity contribution is -0.145. The highest BCUT2D eigenvalue weighted by Crippen LogP contribution is 2.33. The minimum atomic E-state index is -0.799. The van der Waals surface area contributed by atoms with Crippen molar-refractivity contribution in [3.8, 4) is 23.0 Å². The van der Waals surface area contributed by atoms with Crippen molar-refractivity contribution < 1.29 is 52.4 Å². The average molecular weight is 615 g/mol. The molecule has 3 aromatic rings. The fourth-order valence-corrected chi connectivity index (χ4v) is 3.20. The van der Waals surface area contributed by atoms with Crippen molar-refractivity contribution >= 4 is 29.8 Å². The van der Waals surface area contributed by atoms with Gasteiger partial charge in [-0.25, -0.2) is 24.0 Å². The van der Waals surface area contributed by atoms with Gasteiger partial charge in [0.1, 0.15) is 18.1 Å². The van der Waals surface area contributed by atoms with Gasteiger partial charge in [-0.1, -0.05) is 31.9 Å². The van der Waals surface area contributed by atoms with E-state index in [-0.39, 0.29) is 58.5 Å². The van der Waals surface area contributed by atoms with E-state index in [0.717, 1.165) is 0 Å². The molecule has 0 unspecified atom stereocenters. The SMILES string of the molecule is C=C(C)C(=O)OCOc1ccc(C(=O)Oc2ccc(OC(=O)c3ccc(COC(=O)C(=C)C)cc3)cc2OC(=O)C(=C)C)cc1. The van der Waals surface area contributed by atoms with Gasteiger partial charge in [-0.3, -0.25) is 0 Å². The summed E-state index contributed by atoms with van der Waals surface area (Å²) in [5, 5.41) is 0. The molecule has 3 rings (SSSR count). The molecule has 232 valence electrons. The van der Waals surface area contributed by atoms with Gasteiger partial charge in [-0.2, -0.15) is 0 Å². The molecule has 0 aromatic heterocycles. The molecule has 0 heterocycles. The second-order valence-electron chi connectivity index (χ2n) is 9.61. The Morgan fingerprint density at radius 2 is 1.07 bits per heavy atom. The van der Waals surface area contributed by atoms with Crippen LogP contribution in [-0.2, 0) is 30.5 Å². The summed E-state index contributed by atoms with van der Waals surface area (Å²) >= 11 is 0. The van der Waals surface area contributed by atoms with Gasteiger partial charge in [-0.15, -0.1) is 0 Å². The highest BCUT2D eigenvalue weighted by atomic mass is 16.7. The molecule has 0 saturated carbocycles. The van der Waals surface area contributed by atoms with Crippen molar-refractivity contribution in [1.29, 1.82) is 0 Å². The van der Waals surface area contributed by atoms with Crippen molar-refractivity contribution in [2.24, 2.45) is 0 Å². The minimum absolute atomic E-state index is 0.00220. The van der Waals surface area contributed by atoms with Crippen LogP contribution in [0.3, 0.4) is 0 Å². The Morgan fingerprint density at radius 3 is 1.64 bits per heavy atom. The molecule has 0 spiro atoms. The Labute approximate surface area is 259 Å². The van der Waals surface area contributed by atoms with Gasteiger partial charge < -0.3 is 28.4 Å². The van der Waals surface area contributed by atoms with Crippen LogP contribution in [0.15, 0.2) is 103 Å². The van der Waals surface area contributed by atoms with E-state index in [9.17, 15) is 24.0 Å². The molecule has 0 radical (unpaired) electrons. The van der Waals surface area contributed by atoms with Crippen LogP contribution in [0, 0.1) is 0 Å². The highest BCUT2D eigenvalue weighted by Gasteiger charge is 2.19. The molecule has 0 amide bonds. The first-order chi connectivity index (χ1) is 21.3. The fourth-order valence-electron chi connectivity index (χ4n) is 3.20. The Kier molecular flexibility index (Phi) is 11.5. The average Bonchev–Trinajstić information content (AvgIpc) is 3.01. The fraction of sp³-hybridized carbons (Fsp3) is 0.147. The molecule has 11 heteroatoms. The number of rotatable bonds is 13. The second kappa shape index (κ2) is 15.5. The summed E-state index contributed by atoms with van der Waals surface area (Å²) in [7, 11) is 0. The van der Waals surface area contributed by atoms with Crippen LogP contribution in [0.25, 0.3) is 0 Å². The third-order valence-corrected chi connectivity index (χ3v) is 5.64. The topological polar surface area (TPSA) is 141 Å². The first kappa shape index (κ1) is 33.5. The normalized spacial score (nSPS) is 10.1. The van der Waals surface area contributed by atoms with E-state index in [1.54, 1.807) is 12.1 Å². The number of carbonyl (C=O) groups is 5. The van der Waals surface area contributed by atoms with Crippen LogP contribution >= 0.6 is 0 Å². The molecule has 3 aromatic carbocycles. The molecule has 0 aliphatic heterocycles. The van der Waals surface area contributed by atoms with Crippen LogP contribution in [0.4, 0.5) is 0 Å². The minimum Gasteiger partial charge on any atom is -0.457 e. The lowest BCUT2D eigenvalue weighted by Crippen LogP contribution is -2.14. The van der Waals surface area contributed by atoms with E-state index >= 15 is 0 Å². The third-order valence-electron chi connectivity index (χ3n) is 5.64. The molecule has 45 heavy (non-hydrogen) atoms. The van der Waals surface area contributed by atoms with Crippen molar-refractivity contribution in [2.75, 3.05) is 6.79 Å². The van der Waals surface area contributed by atoms with E-state index in [0.29, 0.717) is 11.3 Å². The maximum atomic E-state index is 12.9. The first-order valence-electron chi connectivity index (χ1n) is 13.3. The van der Waals surface area contributed by atoms with Gasteiger partial charge in [0.15, 0.2) is 11.5 Å². The second-order valence-corrected chi connectivity index (χ2v) is 9.61. The van der Waals surface area contributed by atoms with Crippen LogP contribution in [0.1, 0.15) is 47.1 Å². The predicted molar refractivity (Wildman–Crippen MR) is 161 cm³/mol. The Bertz CT molecular complexity index is 1650. The molecular weight excluding hydrogens is 584 g/mol. The monoisotopic (exact) mass is 614 g/mol. The summed E-state index contributed by atoms with van der Waals surface area (Å²) in [6, 6.07) is 15.8. The largest absolute Gasteiger partial charge is 0.457 e. The number of hydrogen-bond acceptors (Lipinski definition) is 11. The van der Waals surface area contributed by atoms with Crippen LogP contribution < -0.4 is 18.9 Å². The molecule has 0 aliphatic rings. The third kappa shape index (κ3) is 10.1. The molecule has 0 atom stereocenters. The smallest absolute Gasteiger partial charge is 0.343 e. The zero-order valence-electron chi connectivity index (χ0n) is 24.9. The molecule has 0 N–H and O–H groups in total. The maximum absolute atomic E-state index is 12.9. The molecule has 0 aliphatic carbocycles. The summed E-state index contributed by atoms with van der Waals surface area (Å²) < 4.78 is 31.5. The van der Waals surface area contributed by atoms with Gasteiger partial charge in [-0.05, 0) is 74.9 Å². The summed E-state index contributed by atoms with van der Waals surface area (Å²) in [5.41, 5.74) is 1.54. The van der Waals surface area contributed by atoms with Crippen LogP contribution in [-0.4, -0.2) is 36.6 Å². The lowest BCUT2D eigenvalue weighted by Gasteiger charge is -2.13. The quantitative estimate of drug-likeness (QED) is 0.102. The number of hydrogen-bond donors (Lipinski definition) is 0. The van der Waals surface area contributed by atoms with E-state index in [1.165, 1.54) is 75.4 Å². The maximum Gasteiger partial charge on any atom is 0.343 e. The predicted octanol–water partition coefficient (Wildman–Crippen LogP) is 5.68. The number of carbonyl (C=O) groups excluding carboxylic acids is 5. The molecule has 0 fully saturated rings. The van der Waals surface area contributed by atoms with Gasteiger partial charge in [0.2, 0.25) is 6.79 Å². The summed E-state index contributed by atoms with van der Waals surface area (Å²) in [6.45, 7) is 14.7. The molecule has 11 nitrogen and oxygen atoms in total. The van der Waals surface area contributed by atoms with E-state index in [4.69, 9.17) is 28.4 Å². The van der Waals surface area contributed by atoms with E-state index in [2.05, 4.69) is 19.7 Å². The van der Waals surface area contributed by atoms with Crippen molar-refractivity contribution in [1.82, 2.24) is 0 Å². The van der Waals surface area contributed by atoms with E-state index in [1.807, 2.05) is 0 Å². The molecule has 0 saturated heterocycles. The number of esters is 5. The van der Waals surface area contributed by atoms with E-state index < -0.39 is 29.8 Å². The van der Waals surface area contributed by atoms with Crippen LogP contribution in [0.2, 0.25) is 0 Å². The molecular formula is C34H30O11. The zero-order valence-corrected chi connectivity index (χ0v) is 24.9. The zero-order chi connectivity index (χ0) is 33.1. The van der Waals surface area contributed by atoms with Gasteiger partial charge >= 0.3 is 29.8 Å². The number of ether oxygens (including phenoxy) is 6. The van der Waals surface area contributed by atoms with Gasteiger partial charge in [0, 0.05) is 22.8 Å². The Balaban J connectivity index is 1.70. The molecule has 0 bridgehead atoms. The van der Waals surface area contributed by atoms with Crippen molar-refractivity contribution in [3.63, 3.8) is 0 Å². The lowest BCUT2D eigenvalue weighted by atomic mass is 10.1. The summed E-state index contributed by atoms with van der Waals surface area (Å²) in [4.78, 5) is 60.9. The summed E-state index contributed by atoms with van der Waals surface area (Å²) in [6.07, 6.45) is 0. The van der Waals surface area contributed by atoms with Crippen molar-refractivity contribution in [2.45, 2.75) is 27.4 Å².